The van der Waals surface area contributed by atoms with Crippen LogP contribution in [0.5, 0.6) is 0 Å². The number of aryl methyl sites for hydroxylation is 1. The summed E-state index contributed by atoms with van der Waals surface area (Å²) in [7, 11) is 0. The summed E-state index contributed by atoms with van der Waals surface area (Å²) < 4.78 is 0. The second kappa shape index (κ2) is 6.30. The van der Waals surface area contributed by atoms with Gasteiger partial charge in [-0.25, -0.2) is 9.59 Å². The van der Waals surface area contributed by atoms with Crippen LogP contribution in [0.2, 0.25) is 0 Å². The molecule has 3 N–H and O–H groups in total. The van der Waals surface area contributed by atoms with E-state index in [-0.39, 0.29) is 12.1 Å². The van der Waals surface area contributed by atoms with Gasteiger partial charge < -0.3 is 15.7 Å². The van der Waals surface area contributed by atoms with Crippen molar-refractivity contribution in [2.75, 3.05) is 11.9 Å². The number of nitrogens with one attached hydrogen (secondary N) is 2. The number of urea groups is 1. The van der Waals surface area contributed by atoms with Crippen molar-refractivity contribution in [1.29, 1.82) is 0 Å². The fraction of sp³-hybridized carbons (Fsp3) is 0.231. The molecular weight excluding hydrogens is 232 g/mol. The molecule has 0 fully saturated rings. The van der Waals surface area contributed by atoms with Gasteiger partial charge in [0, 0.05) is 5.69 Å². The molecule has 0 radical (unpaired) electrons. The molecule has 0 unspecified atom stereocenters. The third-order valence-electron chi connectivity index (χ3n) is 2.25. The summed E-state index contributed by atoms with van der Waals surface area (Å²) in [5, 5.41) is 14.0. The van der Waals surface area contributed by atoms with Gasteiger partial charge in [-0.2, -0.15) is 0 Å². The molecule has 0 bridgehead atoms. The largest absolute Gasteiger partial charge is 0.478 e. The number of carbonyl (C=O) groups is 2. The Kier molecular flexibility index (Phi) is 4.76. The van der Waals surface area contributed by atoms with E-state index in [0.717, 1.165) is 5.56 Å². The van der Waals surface area contributed by atoms with Crippen LogP contribution in [0.15, 0.2) is 18.2 Å². The Hall–Kier alpha value is -2.48. The van der Waals surface area contributed by atoms with Crippen molar-refractivity contribution in [2.45, 2.75) is 13.8 Å². The highest BCUT2D eigenvalue weighted by Crippen LogP contribution is 2.16. The molecule has 5 nitrogen and oxygen atoms in total. The van der Waals surface area contributed by atoms with Gasteiger partial charge in [-0.1, -0.05) is 12.0 Å². The number of carboxylic acids is 1. The van der Waals surface area contributed by atoms with Gasteiger partial charge in [0.05, 0.1) is 12.1 Å². The predicted molar refractivity (Wildman–Crippen MR) is 68.6 cm³/mol. The van der Waals surface area contributed by atoms with Crippen LogP contribution in [-0.2, 0) is 0 Å². The standard InChI is InChI=1S/C13H14N2O3/c1-3-4-7-14-13(18)15-11-8-10(12(16)17)6-5-9(11)2/h5-6,8H,7H2,1-2H3,(H,16,17)(H2,14,15,18). The van der Waals surface area contributed by atoms with Gasteiger partial charge in [0.2, 0.25) is 0 Å². The smallest absolute Gasteiger partial charge is 0.335 e. The van der Waals surface area contributed by atoms with E-state index in [9.17, 15) is 9.59 Å². The fourth-order valence-electron chi connectivity index (χ4n) is 1.27. The summed E-state index contributed by atoms with van der Waals surface area (Å²) in [4.78, 5) is 22.3. The van der Waals surface area contributed by atoms with Gasteiger partial charge >= 0.3 is 12.0 Å². The van der Waals surface area contributed by atoms with E-state index in [0.29, 0.717) is 5.69 Å². The number of hydrogen-bond acceptors (Lipinski definition) is 2. The SMILES string of the molecule is CC#CCNC(=O)Nc1cc(C(=O)O)ccc1C. The van der Waals surface area contributed by atoms with Crippen LogP contribution in [-0.4, -0.2) is 23.7 Å². The molecule has 0 aromatic heterocycles. The number of rotatable bonds is 3. The molecule has 0 saturated heterocycles. The second-order valence-corrected chi connectivity index (χ2v) is 3.57. The average molecular weight is 246 g/mol. The van der Waals surface area contributed by atoms with Crippen molar-refractivity contribution in [3.63, 3.8) is 0 Å². The van der Waals surface area contributed by atoms with Crippen molar-refractivity contribution < 1.29 is 14.7 Å². The Bertz CT molecular complexity index is 527. The normalized spacial score (nSPS) is 9.00. The molecular formula is C13H14N2O3. The Morgan fingerprint density at radius 3 is 2.72 bits per heavy atom. The van der Waals surface area contributed by atoms with E-state index in [2.05, 4.69) is 22.5 Å². The number of benzene rings is 1. The Balaban J connectivity index is 2.76. The zero-order chi connectivity index (χ0) is 13.5. The quantitative estimate of drug-likeness (QED) is 0.712. The maximum absolute atomic E-state index is 11.5. The molecule has 0 saturated carbocycles. The summed E-state index contributed by atoms with van der Waals surface area (Å²) in [6.45, 7) is 3.72. The van der Waals surface area contributed by atoms with Crippen molar-refractivity contribution >= 4 is 17.7 Å². The maximum atomic E-state index is 11.5. The highest BCUT2D eigenvalue weighted by atomic mass is 16.4. The number of amides is 2. The van der Waals surface area contributed by atoms with Crippen LogP contribution < -0.4 is 10.6 Å². The monoisotopic (exact) mass is 246 g/mol. The van der Waals surface area contributed by atoms with Gasteiger partial charge in [0.15, 0.2) is 0 Å². The van der Waals surface area contributed by atoms with Crippen LogP contribution in [0, 0.1) is 18.8 Å². The van der Waals surface area contributed by atoms with Gasteiger partial charge in [-0.15, -0.1) is 5.92 Å². The summed E-state index contributed by atoms with van der Waals surface area (Å²) in [5.74, 6) is 4.31. The lowest BCUT2D eigenvalue weighted by molar-refractivity contribution is 0.0697. The van der Waals surface area contributed by atoms with E-state index in [1.165, 1.54) is 12.1 Å². The molecule has 1 aromatic carbocycles. The lowest BCUT2D eigenvalue weighted by Crippen LogP contribution is -2.29. The van der Waals surface area contributed by atoms with E-state index < -0.39 is 12.0 Å². The molecule has 0 spiro atoms. The molecule has 1 rings (SSSR count). The molecule has 0 aliphatic rings. The molecule has 5 heteroatoms. The Labute approximate surface area is 105 Å². The third kappa shape index (κ3) is 3.83. The molecule has 2 amide bonds. The third-order valence-corrected chi connectivity index (χ3v) is 2.25. The number of carbonyl (C=O) groups excluding carboxylic acids is 1. The van der Waals surface area contributed by atoms with Gasteiger partial charge in [0.1, 0.15) is 0 Å². The maximum Gasteiger partial charge on any atom is 0.335 e. The first-order valence-electron chi connectivity index (χ1n) is 5.33. The summed E-state index contributed by atoms with van der Waals surface area (Å²) in [6, 6.07) is 4.14. The lowest BCUT2D eigenvalue weighted by atomic mass is 10.1. The van der Waals surface area contributed by atoms with Crippen LogP contribution in [0.1, 0.15) is 22.8 Å². The molecule has 0 heterocycles. The van der Waals surface area contributed by atoms with Gasteiger partial charge in [0.25, 0.3) is 0 Å². The Morgan fingerprint density at radius 2 is 2.11 bits per heavy atom. The highest BCUT2D eigenvalue weighted by Gasteiger charge is 2.08. The van der Waals surface area contributed by atoms with E-state index in [1.54, 1.807) is 19.9 Å². The van der Waals surface area contributed by atoms with Gasteiger partial charge in [-0.3, -0.25) is 0 Å². The minimum absolute atomic E-state index is 0.129. The van der Waals surface area contributed by atoms with Crippen LogP contribution in [0.25, 0.3) is 0 Å². The minimum atomic E-state index is -1.03. The molecule has 18 heavy (non-hydrogen) atoms. The number of anilines is 1. The lowest BCUT2D eigenvalue weighted by Gasteiger charge is -2.09. The first-order chi connectivity index (χ1) is 8.54. The summed E-state index contributed by atoms with van der Waals surface area (Å²) in [5.41, 5.74) is 1.39. The summed E-state index contributed by atoms with van der Waals surface area (Å²) >= 11 is 0. The predicted octanol–water partition coefficient (Wildman–Crippen LogP) is 1.84. The topological polar surface area (TPSA) is 78.4 Å². The molecule has 0 aliphatic carbocycles. The van der Waals surface area contributed by atoms with Crippen molar-refractivity contribution in [1.82, 2.24) is 5.32 Å². The van der Waals surface area contributed by atoms with Crippen molar-refractivity contribution in [3.8, 4) is 11.8 Å². The average Bonchev–Trinajstić information content (AvgIpc) is 2.32. The zero-order valence-corrected chi connectivity index (χ0v) is 10.2. The molecule has 0 atom stereocenters. The number of carboxylic acid groups (broad SMARTS) is 1. The number of hydrogen-bond donors (Lipinski definition) is 3. The van der Waals surface area contributed by atoms with Gasteiger partial charge in [-0.05, 0) is 31.5 Å². The highest BCUT2D eigenvalue weighted by molar-refractivity contribution is 5.94. The first kappa shape index (κ1) is 13.6. The van der Waals surface area contributed by atoms with Crippen molar-refractivity contribution in [3.05, 3.63) is 29.3 Å². The molecule has 0 aliphatic heterocycles. The van der Waals surface area contributed by atoms with Crippen LogP contribution in [0.4, 0.5) is 10.5 Å². The van der Waals surface area contributed by atoms with E-state index >= 15 is 0 Å². The van der Waals surface area contributed by atoms with Crippen LogP contribution in [0.3, 0.4) is 0 Å². The number of aromatic carboxylic acids is 1. The first-order valence-corrected chi connectivity index (χ1v) is 5.33. The van der Waals surface area contributed by atoms with E-state index in [4.69, 9.17) is 5.11 Å². The molecule has 94 valence electrons. The fourth-order valence-corrected chi connectivity index (χ4v) is 1.27. The molecule has 1 aromatic rings. The van der Waals surface area contributed by atoms with Crippen LogP contribution >= 0.6 is 0 Å². The second-order valence-electron chi connectivity index (χ2n) is 3.57. The summed E-state index contributed by atoms with van der Waals surface area (Å²) in [6.07, 6.45) is 0. The Morgan fingerprint density at radius 1 is 1.39 bits per heavy atom. The van der Waals surface area contributed by atoms with E-state index in [1.807, 2.05) is 0 Å². The zero-order valence-electron chi connectivity index (χ0n) is 10.2. The minimum Gasteiger partial charge on any atom is -0.478 e. The van der Waals surface area contributed by atoms with Crippen molar-refractivity contribution in [2.24, 2.45) is 0 Å².